The van der Waals surface area contributed by atoms with E-state index in [1.807, 2.05) is 31.2 Å². The van der Waals surface area contributed by atoms with Gasteiger partial charge in [-0.3, -0.25) is 4.57 Å². The lowest BCUT2D eigenvalue weighted by atomic mass is 10.1. The molecule has 4 atom stereocenters. The number of imidazole rings is 1. The molecule has 0 bridgehead atoms. The fraction of sp³-hybridized carbons (Fsp3) is 0.400. The van der Waals surface area contributed by atoms with Crippen LogP contribution in [0.3, 0.4) is 0 Å². The molecule has 3 heterocycles. The van der Waals surface area contributed by atoms with Gasteiger partial charge in [-0.05, 0) is 18.6 Å². The summed E-state index contributed by atoms with van der Waals surface area (Å²) >= 11 is 0. The number of aliphatic hydroxyl groups excluding tert-OH is 3. The Hall–Kier alpha value is -3.32. The molecular weight excluding hydrogens is 418 g/mol. The lowest BCUT2D eigenvalue weighted by molar-refractivity contribution is -0.0501. The van der Waals surface area contributed by atoms with Gasteiger partial charge in [0.25, 0.3) is 0 Å². The monoisotopic (exact) mass is 443 g/mol. The molecule has 0 spiro atoms. The van der Waals surface area contributed by atoms with Crippen molar-refractivity contribution in [1.29, 1.82) is 0 Å². The van der Waals surface area contributed by atoms with E-state index in [0.717, 1.165) is 12.0 Å². The van der Waals surface area contributed by atoms with Crippen LogP contribution in [0.4, 0.5) is 11.8 Å². The summed E-state index contributed by atoms with van der Waals surface area (Å²) in [5.41, 5.74) is 10.1. The Morgan fingerprint density at radius 1 is 1.28 bits per heavy atom. The van der Waals surface area contributed by atoms with Crippen LogP contribution in [-0.4, -0.2) is 72.6 Å². The third-order valence-electron chi connectivity index (χ3n) is 5.03. The third-order valence-corrected chi connectivity index (χ3v) is 5.03. The predicted octanol–water partition coefficient (Wildman–Crippen LogP) is 0.255. The summed E-state index contributed by atoms with van der Waals surface area (Å²) in [7, 11) is 0. The highest BCUT2D eigenvalue weighted by atomic mass is 16.6. The lowest BCUT2D eigenvalue weighted by Crippen LogP contribution is -2.33. The Labute approximate surface area is 183 Å². The average molecular weight is 443 g/mol. The molecule has 1 aliphatic heterocycles. The van der Waals surface area contributed by atoms with Gasteiger partial charge in [-0.25, -0.2) is 20.4 Å². The van der Waals surface area contributed by atoms with Gasteiger partial charge in [-0.1, -0.05) is 19.1 Å². The van der Waals surface area contributed by atoms with Crippen LogP contribution in [0.15, 0.2) is 35.7 Å². The van der Waals surface area contributed by atoms with Crippen LogP contribution in [0.1, 0.15) is 25.1 Å². The molecule has 12 heteroatoms. The number of fused-ring (bicyclic) bond motifs is 1. The summed E-state index contributed by atoms with van der Waals surface area (Å²) in [5, 5.41) is 34.4. The minimum atomic E-state index is -1.34. The number of hydrogen-bond acceptors (Lipinski definition) is 11. The topological polar surface area (TPSA) is 173 Å². The number of hydrazone groups is 1. The zero-order chi connectivity index (χ0) is 22.7. The molecular formula is C20H25N7O5. The Balaban J connectivity index is 1.67. The zero-order valence-corrected chi connectivity index (χ0v) is 17.4. The van der Waals surface area contributed by atoms with E-state index in [9.17, 15) is 15.3 Å². The van der Waals surface area contributed by atoms with Gasteiger partial charge in [0.15, 0.2) is 23.2 Å². The number of nitrogen functional groups attached to an aromatic ring is 1. The standard InChI is InChI=1S/C20H25N7O5/c1-2-7-31-12-6-4-3-5-11(12)8-24-26-20-25-14-17(21)22-10-23-18(14)27(20)19-16(30)15(29)13(9-28)32-19/h3-6,8,10,13,15-16,19,28-30H,2,7,9H2,1H3,(H,25,26)(H2,21,22,23)/b24-8-/t13-,15-,16-,19-/m1/s1. The SMILES string of the molecule is CCCOc1ccccc1/C=N\Nc1nc2c(N)ncnc2n1[C@@H]1O[C@H](CO)[C@@H](O)[C@H]1O. The molecule has 0 unspecified atom stereocenters. The van der Waals surface area contributed by atoms with E-state index in [1.165, 1.54) is 10.9 Å². The van der Waals surface area contributed by atoms with Crippen molar-refractivity contribution in [1.82, 2.24) is 19.5 Å². The summed E-state index contributed by atoms with van der Waals surface area (Å²) < 4.78 is 12.8. The highest BCUT2D eigenvalue weighted by Crippen LogP contribution is 2.35. The number of aliphatic hydroxyl groups is 3. The number of aromatic nitrogens is 4. The first-order chi connectivity index (χ1) is 15.5. The molecule has 0 aliphatic carbocycles. The minimum absolute atomic E-state index is 0.130. The highest BCUT2D eigenvalue weighted by molar-refractivity contribution is 5.85. The van der Waals surface area contributed by atoms with Crippen LogP contribution in [0.5, 0.6) is 5.75 Å². The van der Waals surface area contributed by atoms with Gasteiger partial charge < -0.3 is 30.5 Å². The van der Waals surface area contributed by atoms with E-state index in [1.54, 1.807) is 6.21 Å². The molecule has 1 fully saturated rings. The molecule has 32 heavy (non-hydrogen) atoms. The van der Waals surface area contributed by atoms with Crippen LogP contribution >= 0.6 is 0 Å². The lowest BCUT2D eigenvalue weighted by Gasteiger charge is -2.18. The Morgan fingerprint density at radius 2 is 2.09 bits per heavy atom. The van der Waals surface area contributed by atoms with Gasteiger partial charge in [0, 0.05) is 5.56 Å². The van der Waals surface area contributed by atoms with Gasteiger partial charge in [0.05, 0.1) is 19.4 Å². The second kappa shape index (κ2) is 9.44. The fourth-order valence-electron chi connectivity index (χ4n) is 3.43. The van der Waals surface area contributed by atoms with Crippen molar-refractivity contribution in [2.45, 2.75) is 37.9 Å². The molecule has 2 aromatic heterocycles. The number of nitrogens with zero attached hydrogens (tertiary/aromatic N) is 5. The van der Waals surface area contributed by atoms with E-state index in [4.69, 9.17) is 15.2 Å². The van der Waals surface area contributed by atoms with Crippen molar-refractivity contribution in [3.63, 3.8) is 0 Å². The predicted molar refractivity (Wildman–Crippen MR) is 116 cm³/mol. The summed E-state index contributed by atoms with van der Waals surface area (Å²) in [6.07, 6.45) is -0.980. The van der Waals surface area contributed by atoms with Crippen molar-refractivity contribution in [3.8, 4) is 5.75 Å². The molecule has 0 saturated carbocycles. The van der Waals surface area contributed by atoms with Crippen LogP contribution < -0.4 is 15.9 Å². The molecule has 0 radical (unpaired) electrons. The summed E-state index contributed by atoms with van der Waals surface area (Å²) in [5.74, 6) is 0.975. The normalized spacial score (nSPS) is 23.2. The third kappa shape index (κ3) is 4.08. The second-order valence-corrected chi connectivity index (χ2v) is 7.22. The first-order valence-corrected chi connectivity index (χ1v) is 10.2. The molecule has 6 N–H and O–H groups in total. The number of nitrogens with one attached hydrogen (secondary N) is 1. The van der Waals surface area contributed by atoms with Crippen molar-refractivity contribution in [3.05, 3.63) is 36.2 Å². The highest BCUT2D eigenvalue weighted by Gasteiger charge is 2.45. The van der Waals surface area contributed by atoms with E-state index >= 15 is 0 Å². The maximum atomic E-state index is 10.5. The van der Waals surface area contributed by atoms with Crippen molar-refractivity contribution >= 4 is 29.1 Å². The summed E-state index contributed by atoms with van der Waals surface area (Å²) in [6.45, 7) is 2.14. The molecule has 170 valence electrons. The second-order valence-electron chi connectivity index (χ2n) is 7.22. The summed E-state index contributed by atoms with van der Waals surface area (Å²) in [4.78, 5) is 12.5. The minimum Gasteiger partial charge on any atom is -0.493 e. The number of hydrogen-bond donors (Lipinski definition) is 5. The fourth-order valence-corrected chi connectivity index (χ4v) is 3.43. The number of benzene rings is 1. The zero-order valence-electron chi connectivity index (χ0n) is 17.4. The number of para-hydroxylation sites is 1. The van der Waals surface area contributed by atoms with Gasteiger partial charge in [-0.15, -0.1) is 0 Å². The number of nitrogens with two attached hydrogens (primary N) is 1. The average Bonchev–Trinajstić information content (AvgIpc) is 3.31. The quantitative estimate of drug-likeness (QED) is 0.240. The van der Waals surface area contributed by atoms with Crippen LogP contribution in [0.25, 0.3) is 11.2 Å². The van der Waals surface area contributed by atoms with Crippen LogP contribution in [0, 0.1) is 0 Å². The van der Waals surface area contributed by atoms with Crippen molar-refractivity contribution < 1.29 is 24.8 Å². The smallest absolute Gasteiger partial charge is 0.228 e. The Kier molecular flexibility index (Phi) is 6.46. The number of ether oxygens (including phenoxy) is 2. The van der Waals surface area contributed by atoms with E-state index < -0.39 is 31.1 Å². The first-order valence-electron chi connectivity index (χ1n) is 10.2. The van der Waals surface area contributed by atoms with Gasteiger partial charge in [0.2, 0.25) is 5.95 Å². The molecule has 12 nitrogen and oxygen atoms in total. The van der Waals surface area contributed by atoms with Crippen LogP contribution in [0.2, 0.25) is 0 Å². The van der Waals surface area contributed by atoms with Gasteiger partial charge >= 0.3 is 0 Å². The molecule has 4 rings (SSSR count). The van der Waals surface area contributed by atoms with Gasteiger partial charge in [0.1, 0.15) is 30.4 Å². The van der Waals surface area contributed by atoms with E-state index in [0.29, 0.717) is 12.4 Å². The largest absolute Gasteiger partial charge is 0.493 e. The maximum absolute atomic E-state index is 10.5. The molecule has 3 aromatic rings. The Bertz CT molecular complexity index is 1110. The van der Waals surface area contributed by atoms with E-state index in [2.05, 4.69) is 25.5 Å². The number of rotatable bonds is 8. The maximum Gasteiger partial charge on any atom is 0.228 e. The van der Waals surface area contributed by atoms with Crippen LogP contribution in [-0.2, 0) is 4.74 Å². The Morgan fingerprint density at radius 3 is 2.84 bits per heavy atom. The van der Waals surface area contributed by atoms with Crippen molar-refractivity contribution in [2.75, 3.05) is 24.4 Å². The molecule has 0 amide bonds. The van der Waals surface area contributed by atoms with E-state index in [-0.39, 0.29) is 22.9 Å². The summed E-state index contributed by atoms with van der Waals surface area (Å²) in [6, 6.07) is 7.44. The molecule has 1 aliphatic rings. The molecule has 1 aromatic carbocycles. The number of anilines is 2. The van der Waals surface area contributed by atoms with Crippen molar-refractivity contribution in [2.24, 2.45) is 5.10 Å². The van der Waals surface area contributed by atoms with Gasteiger partial charge in [-0.2, -0.15) is 5.10 Å². The first kappa shape index (κ1) is 21.9. The molecule has 1 saturated heterocycles.